The second kappa shape index (κ2) is 7.94. The van der Waals surface area contributed by atoms with Crippen LogP contribution in [0.2, 0.25) is 0 Å². The van der Waals surface area contributed by atoms with Crippen LogP contribution in [-0.2, 0) is 6.54 Å². The summed E-state index contributed by atoms with van der Waals surface area (Å²) in [6.45, 7) is 1.47. The van der Waals surface area contributed by atoms with Crippen molar-refractivity contribution in [3.8, 4) is 11.3 Å². The summed E-state index contributed by atoms with van der Waals surface area (Å²) in [6, 6.07) is 13.1. The number of pyridine rings is 1. The minimum Gasteiger partial charge on any atom is -0.465 e. The van der Waals surface area contributed by atoms with E-state index in [1.165, 1.54) is 0 Å². The van der Waals surface area contributed by atoms with E-state index < -0.39 is 18.2 Å². The lowest BCUT2D eigenvalue weighted by atomic mass is 9.96. The zero-order chi connectivity index (χ0) is 21.3. The molecular weight excluding hydrogens is 399 g/mol. The summed E-state index contributed by atoms with van der Waals surface area (Å²) < 4.78 is 40.0. The molecule has 0 aliphatic carbocycles. The van der Waals surface area contributed by atoms with E-state index in [0.717, 1.165) is 16.8 Å². The lowest BCUT2D eigenvalue weighted by Gasteiger charge is -2.32. The third kappa shape index (κ3) is 4.38. The summed E-state index contributed by atoms with van der Waals surface area (Å²) in [5, 5.41) is 15.2. The highest BCUT2D eigenvalue weighted by Gasteiger charge is 2.40. The SMILES string of the molecule is O=C(O)Nc1nc2cccc(-c3ccc(CN4CCC(C(F)(F)F)CC4)cc3)n2n1. The number of carboxylic acid groups (broad SMARTS) is 1. The van der Waals surface area contributed by atoms with Crippen LogP contribution in [0.25, 0.3) is 16.9 Å². The van der Waals surface area contributed by atoms with Crippen LogP contribution in [0.4, 0.5) is 23.9 Å². The first kappa shape index (κ1) is 20.1. The number of nitrogens with one attached hydrogen (secondary N) is 1. The van der Waals surface area contributed by atoms with E-state index in [2.05, 4.69) is 15.4 Å². The third-order valence-corrected chi connectivity index (χ3v) is 5.28. The number of hydrogen-bond acceptors (Lipinski definition) is 4. The maximum atomic E-state index is 12.8. The van der Waals surface area contributed by atoms with Crippen molar-refractivity contribution in [2.75, 3.05) is 18.4 Å². The minimum absolute atomic E-state index is 0.00571. The van der Waals surface area contributed by atoms with Crippen LogP contribution < -0.4 is 5.32 Å². The highest BCUT2D eigenvalue weighted by atomic mass is 19.4. The average Bonchev–Trinajstić information content (AvgIpc) is 3.10. The topological polar surface area (TPSA) is 82.8 Å². The van der Waals surface area contributed by atoms with Crippen LogP contribution in [0.5, 0.6) is 0 Å². The van der Waals surface area contributed by atoms with Gasteiger partial charge >= 0.3 is 12.3 Å². The summed E-state index contributed by atoms with van der Waals surface area (Å²) in [4.78, 5) is 17.0. The fraction of sp³-hybridized carbons (Fsp3) is 0.350. The molecule has 1 aliphatic rings. The molecule has 1 amide bonds. The van der Waals surface area contributed by atoms with E-state index in [1.807, 2.05) is 41.3 Å². The predicted octanol–water partition coefficient (Wildman–Crippen LogP) is 4.26. The van der Waals surface area contributed by atoms with Gasteiger partial charge in [-0.1, -0.05) is 30.3 Å². The van der Waals surface area contributed by atoms with Crippen molar-refractivity contribution in [2.45, 2.75) is 25.6 Å². The summed E-state index contributed by atoms with van der Waals surface area (Å²) >= 11 is 0. The normalized spacial score (nSPS) is 16.1. The van der Waals surface area contributed by atoms with E-state index in [0.29, 0.717) is 25.3 Å². The molecule has 30 heavy (non-hydrogen) atoms. The van der Waals surface area contributed by atoms with E-state index in [9.17, 15) is 18.0 Å². The first-order chi connectivity index (χ1) is 14.3. The molecule has 0 radical (unpaired) electrons. The zero-order valence-electron chi connectivity index (χ0n) is 15.9. The minimum atomic E-state index is -4.10. The monoisotopic (exact) mass is 419 g/mol. The molecule has 4 rings (SSSR count). The van der Waals surface area contributed by atoms with Gasteiger partial charge in [-0.2, -0.15) is 18.2 Å². The number of piperidine rings is 1. The third-order valence-electron chi connectivity index (χ3n) is 5.28. The molecule has 0 unspecified atom stereocenters. The van der Waals surface area contributed by atoms with Crippen molar-refractivity contribution in [2.24, 2.45) is 5.92 Å². The molecule has 7 nitrogen and oxygen atoms in total. The summed E-state index contributed by atoms with van der Waals surface area (Å²) in [5.74, 6) is -1.20. The first-order valence-corrected chi connectivity index (χ1v) is 9.54. The van der Waals surface area contributed by atoms with E-state index in [-0.39, 0.29) is 18.8 Å². The zero-order valence-corrected chi connectivity index (χ0v) is 15.9. The fourth-order valence-electron chi connectivity index (χ4n) is 3.73. The van der Waals surface area contributed by atoms with Gasteiger partial charge in [0.2, 0.25) is 0 Å². The Morgan fingerprint density at radius 1 is 1.13 bits per heavy atom. The number of halogens is 3. The lowest BCUT2D eigenvalue weighted by molar-refractivity contribution is -0.185. The number of rotatable bonds is 4. The molecule has 1 fully saturated rings. The molecule has 10 heteroatoms. The lowest BCUT2D eigenvalue weighted by Crippen LogP contribution is -2.38. The molecule has 0 bridgehead atoms. The Bertz CT molecular complexity index is 1040. The Morgan fingerprint density at radius 2 is 1.83 bits per heavy atom. The van der Waals surface area contributed by atoms with Crippen LogP contribution in [0, 0.1) is 5.92 Å². The van der Waals surface area contributed by atoms with Gasteiger partial charge in [0.15, 0.2) is 5.65 Å². The molecule has 0 saturated carbocycles. The number of hydrogen-bond donors (Lipinski definition) is 2. The molecule has 3 heterocycles. The molecule has 2 aromatic heterocycles. The number of aromatic nitrogens is 3. The number of benzene rings is 1. The number of nitrogens with zero attached hydrogens (tertiary/aromatic N) is 4. The van der Waals surface area contributed by atoms with E-state index >= 15 is 0 Å². The summed E-state index contributed by atoms with van der Waals surface area (Å²) in [7, 11) is 0. The van der Waals surface area contributed by atoms with Gasteiger partial charge in [-0.3, -0.25) is 10.2 Å². The van der Waals surface area contributed by atoms with Gasteiger partial charge in [0.25, 0.3) is 5.95 Å². The number of fused-ring (bicyclic) bond motifs is 1. The van der Waals surface area contributed by atoms with Crippen molar-refractivity contribution in [3.05, 3.63) is 48.0 Å². The van der Waals surface area contributed by atoms with Crippen molar-refractivity contribution in [3.63, 3.8) is 0 Å². The Hall–Kier alpha value is -3.14. The van der Waals surface area contributed by atoms with Crippen LogP contribution in [0.3, 0.4) is 0 Å². The quantitative estimate of drug-likeness (QED) is 0.660. The second-order valence-corrected chi connectivity index (χ2v) is 7.34. The van der Waals surface area contributed by atoms with Crippen LogP contribution in [0.1, 0.15) is 18.4 Å². The fourth-order valence-corrected chi connectivity index (χ4v) is 3.73. The Morgan fingerprint density at radius 3 is 2.47 bits per heavy atom. The average molecular weight is 419 g/mol. The highest BCUT2D eigenvalue weighted by Crippen LogP contribution is 2.34. The number of anilines is 1. The largest absolute Gasteiger partial charge is 0.465 e. The Labute approximate surface area is 170 Å². The molecule has 0 spiro atoms. The molecule has 2 N–H and O–H groups in total. The molecular formula is C20H20F3N5O2. The van der Waals surface area contributed by atoms with Gasteiger partial charge in [-0.25, -0.2) is 9.31 Å². The van der Waals surface area contributed by atoms with Crippen molar-refractivity contribution >= 4 is 17.7 Å². The van der Waals surface area contributed by atoms with Crippen LogP contribution >= 0.6 is 0 Å². The van der Waals surface area contributed by atoms with Gasteiger partial charge in [-0.15, -0.1) is 5.10 Å². The number of alkyl halides is 3. The van der Waals surface area contributed by atoms with Gasteiger partial charge in [0.05, 0.1) is 11.6 Å². The Kier molecular flexibility index (Phi) is 5.33. The first-order valence-electron chi connectivity index (χ1n) is 9.54. The smallest absolute Gasteiger partial charge is 0.411 e. The summed E-state index contributed by atoms with van der Waals surface area (Å²) in [6.07, 6.45) is -5.06. The predicted molar refractivity (Wildman–Crippen MR) is 104 cm³/mol. The highest BCUT2D eigenvalue weighted by molar-refractivity contribution is 5.80. The number of amides is 1. The standard InChI is InChI=1S/C20H20F3N5O2/c21-20(22,23)15-8-10-27(11-9-15)12-13-4-6-14(7-5-13)16-2-1-3-17-24-18(25-19(29)30)26-28(16)17/h1-7,15H,8-12H2,(H,25,26)(H,29,30). The molecule has 3 aromatic rings. The van der Waals surface area contributed by atoms with Crippen molar-refractivity contribution in [1.82, 2.24) is 19.5 Å². The number of carbonyl (C=O) groups is 1. The molecule has 158 valence electrons. The molecule has 1 aliphatic heterocycles. The molecule has 0 atom stereocenters. The molecule has 1 saturated heterocycles. The van der Waals surface area contributed by atoms with Gasteiger partial charge in [-0.05, 0) is 43.6 Å². The maximum absolute atomic E-state index is 12.8. The van der Waals surface area contributed by atoms with E-state index in [1.54, 1.807) is 10.6 Å². The van der Waals surface area contributed by atoms with Crippen molar-refractivity contribution < 1.29 is 23.1 Å². The van der Waals surface area contributed by atoms with E-state index in [4.69, 9.17) is 5.11 Å². The Balaban J connectivity index is 1.46. The second-order valence-electron chi connectivity index (χ2n) is 7.34. The van der Waals surface area contributed by atoms with Gasteiger partial charge in [0.1, 0.15) is 0 Å². The maximum Gasteiger partial charge on any atom is 0.411 e. The van der Waals surface area contributed by atoms with Crippen LogP contribution in [-0.4, -0.2) is 50.0 Å². The summed E-state index contributed by atoms with van der Waals surface area (Å²) in [5.41, 5.74) is 3.14. The number of likely N-dealkylation sites (tertiary alicyclic amines) is 1. The van der Waals surface area contributed by atoms with Gasteiger partial charge < -0.3 is 5.11 Å². The van der Waals surface area contributed by atoms with Gasteiger partial charge in [0, 0.05) is 12.1 Å². The molecule has 1 aromatic carbocycles. The van der Waals surface area contributed by atoms with Crippen LogP contribution in [0.15, 0.2) is 42.5 Å². The van der Waals surface area contributed by atoms with Crippen molar-refractivity contribution in [1.29, 1.82) is 0 Å².